The molecule has 15 heavy (non-hydrogen) atoms. The van der Waals surface area contributed by atoms with Gasteiger partial charge in [-0.2, -0.15) is 0 Å². The van der Waals surface area contributed by atoms with E-state index in [4.69, 9.17) is 10.5 Å². The topological polar surface area (TPSA) is 72.6 Å². The number of likely N-dealkylation sites (N-methyl/N-ethyl adjacent to an activating group) is 1. The van der Waals surface area contributed by atoms with E-state index < -0.39 is 10.0 Å². The van der Waals surface area contributed by atoms with Gasteiger partial charge >= 0.3 is 0 Å². The van der Waals surface area contributed by atoms with Gasteiger partial charge in [-0.3, -0.25) is 0 Å². The highest BCUT2D eigenvalue weighted by Gasteiger charge is 2.30. The van der Waals surface area contributed by atoms with Crippen LogP contribution in [-0.4, -0.2) is 51.8 Å². The molecular weight excluding hydrogens is 216 g/mol. The van der Waals surface area contributed by atoms with Gasteiger partial charge in [-0.15, -0.1) is 0 Å². The van der Waals surface area contributed by atoms with Crippen LogP contribution in [0.1, 0.15) is 12.8 Å². The first kappa shape index (κ1) is 12.9. The molecule has 1 fully saturated rings. The molecule has 1 aliphatic rings. The van der Waals surface area contributed by atoms with Crippen LogP contribution in [-0.2, 0) is 14.8 Å². The minimum absolute atomic E-state index is 0.256. The van der Waals surface area contributed by atoms with Crippen LogP contribution >= 0.6 is 0 Å². The van der Waals surface area contributed by atoms with E-state index in [1.165, 1.54) is 4.31 Å². The van der Waals surface area contributed by atoms with E-state index in [2.05, 4.69) is 0 Å². The van der Waals surface area contributed by atoms with Crippen molar-refractivity contribution in [2.24, 2.45) is 11.7 Å². The van der Waals surface area contributed by atoms with E-state index in [1.807, 2.05) is 0 Å². The maximum absolute atomic E-state index is 11.8. The van der Waals surface area contributed by atoms with E-state index >= 15 is 0 Å². The van der Waals surface area contributed by atoms with Crippen LogP contribution in [0.5, 0.6) is 0 Å². The normalized spacial score (nSPS) is 19.5. The fraction of sp³-hybridized carbons (Fsp3) is 1.00. The van der Waals surface area contributed by atoms with Crippen LogP contribution in [0.25, 0.3) is 0 Å². The Morgan fingerprint density at radius 2 is 2.13 bits per heavy atom. The molecule has 0 saturated heterocycles. The maximum atomic E-state index is 11.8. The molecule has 0 amide bonds. The monoisotopic (exact) mass is 236 g/mol. The lowest BCUT2D eigenvalue weighted by atomic mass is 10.3. The van der Waals surface area contributed by atoms with Crippen molar-refractivity contribution in [3.05, 3.63) is 0 Å². The Morgan fingerprint density at radius 1 is 1.53 bits per heavy atom. The molecule has 0 spiro atoms. The molecule has 0 aliphatic heterocycles. The fourth-order valence-electron chi connectivity index (χ4n) is 1.42. The molecule has 0 aromatic carbocycles. The van der Waals surface area contributed by atoms with Crippen LogP contribution in [0.15, 0.2) is 0 Å². The second kappa shape index (κ2) is 5.25. The van der Waals surface area contributed by atoms with Gasteiger partial charge in [0, 0.05) is 26.7 Å². The Kier molecular flexibility index (Phi) is 4.51. The minimum Gasteiger partial charge on any atom is -0.383 e. The van der Waals surface area contributed by atoms with Crippen molar-refractivity contribution in [1.29, 1.82) is 0 Å². The molecule has 2 N–H and O–H groups in total. The summed E-state index contributed by atoms with van der Waals surface area (Å²) in [6.45, 7) is 0.701. The molecule has 1 unspecified atom stereocenters. The van der Waals surface area contributed by atoms with Gasteiger partial charge in [-0.1, -0.05) is 0 Å². The Bertz CT molecular complexity index is 288. The summed E-state index contributed by atoms with van der Waals surface area (Å²) in [5.41, 5.74) is 5.70. The molecule has 0 heterocycles. The number of sulfonamides is 1. The molecule has 1 saturated carbocycles. The highest BCUT2D eigenvalue weighted by molar-refractivity contribution is 7.89. The zero-order valence-electron chi connectivity index (χ0n) is 9.35. The van der Waals surface area contributed by atoms with Gasteiger partial charge in [0.2, 0.25) is 10.0 Å². The van der Waals surface area contributed by atoms with Gasteiger partial charge < -0.3 is 10.5 Å². The van der Waals surface area contributed by atoms with Gasteiger partial charge in [-0.05, 0) is 18.8 Å². The molecule has 1 rings (SSSR count). The molecule has 6 heteroatoms. The van der Waals surface area contributed by atoms with Crippen LogP contribution in [0.3, 0.4) is 0 Å². The zero-order valence-corrected chi connectivity index (χ0v) is 10.2. The largest absolute Gasteiger partial charge is 0.383 e. The molecule has 90 valence electrons. The van der Waals surface area contributed by atoms with Gasteiger partial charge in [0.15, 0.2) is 0 Å². The van der Waals surface area contributed by atoms with Crippen LogP contribution < -0.4 is 5.73 Å². The molecule has 0 radical (unpaired) electrons. The summed E-state index contributed by atoms with van der Waals surface area (Å²) in [4.78, 5) is 0. The number of hydrogen-bond donors (Lipinski definition) is 1. The van der Waals surface area contributed by atoms with Crippen molar-refractivity contribution in [1.82, 2.24) is 4.31 Å². The van der Waals surface area contributed by atoms with Gasteiger partial charge in [0.25, 0.3) is 0 Å². The highest BCUT2D eigenvalue weighted by Crippen LogP contribution is 2.30. The van der Waals surface area contributed by atoms with E-state index in [1.54, 1.807) is 14.2 Å². The SMILES string of the molecule is COCC(N)CN(C)S(=O)(=O)CC1CC1. The van der Waals surface area contributed by atoms with Gasteiger partial charge in [0.05, 0.1) is 12.4 Å². The van der Waals surface area contributed by atoms with E-state index in [-0.39, 0.29) is 11.8 Å². The van der Waals surface area contributed by atoms with Crippen LogP contribution in [0.2, 0.25) is 0 Å². The van der Waals surface area contributed by atoms with Crippen LogP contribution in [0, 0.1) is 5.92 Å². The average Bonchev–Trinajstić information content (AvgIpc) is 2.87. The fourth-order valence-corrected chi connectivity index (χ4v) is 3.02. The minimum atomic E-state index is -3.11. The maximum Gasteiger partial charge on any atom is 0.214 e. The third-order valence-electron chi connectivity index (χ3n) is 2.49. The lowest BCUT2D eigenvalue weighted by molar-refractivity contribution is 0.173. The zero-order chi connectivity index (χ0) is 11.5. The van der Waals surface area contributed by atoms with Crippen molar-refractivity contribution in [2.75, 3.05) is 33.1 Å². The summed E-state index contributed by atoms with van der Waals surface area (Å²) in [7, 11) is 0.0181. The smallest absolute Gasteiger partial charge is 0.214 e. The van der Waals surface area contributed by atoms with E-state index in [0.29, 0.717) is 19.1 Å². The lowest BCUT2D eigenvalue weighted by Gasteiger charge is -2.20. The summed E-state index contributed by atoms with van der Waals surface area (Å²) < 4.78 is 29.7. The molecule has 0 aromatic heterocycles. The quantitative estimate of drug-likeness (QED) is 0.654. The van der Waals surface area contributed by atoms with E-state index in [9.17, 15) is 8.42 Å². The molecule has 0 aromatic rings. The summed E-state index contributed by atoms with van der Waals surface area (Å²) in [5.74, 6) is 0.638. The predicted molar refractivity (Wildman–Crippen MR) is 59.0 cm³/mol. The van der Waals surface area contributed by atoms with E-state index in [0.717, 1.165) is 12.8 Å². The molecule has 1 atom stereocenters. The molecule has 0 bridgehead atoms. The molecular formula is C9H20N2O3S. The van der Waals surface area contributed by atoms with Crippen molar-refractivity contribution in [2.45, 2.75) is 18.9 Å². The number of nitrogens with two attached hydrogens (primary N) is 1. The number of rotatable bonds is 7. The van der Waals surface area contributed by atoms with Gasteiger partial charge in [-0.25, -0.2) is 12.7 Å². The Labute approximate surface area is 91.6 Å². The summed E-state index contributed by atoms with van der Waals surface area (Å²) in [6.07, 6.45) is 2.08. The van der Waals surface area contributed by atoms with Crippen molar-refractivity contribution >= 4 is 10.0 Å². The second-order valence-electron chi connectivity index (χ2n) is 4.22. The third kappa shape index (κ3) is 4.46. The first-order valence-corrected chi connectivity index (χ1v) is 6.75. The third-order valence-corrected chi connectivity index (χ3v) is 4.48. The molecule has 1 aliphatic carbocycles. The standard InChI is InChI=1S/C9H20N2O3S/c1-11(5-9(10)6-14-2)15(12,13)7-8-3-4-8/h8-9H,3-7,10H2,1-2H3. The average molecular weight is 236 g/mol. The second-order valence-corrected chi connectivity index (χ2v) is 6.34. The highest BCUT2D eigenvalue weighted by atomic mass is 32.2. The first-order valence-electron chi connectivity index (χ1n) is 5.14. The van der Waals surface area contributed by atoms with Crippen molar-refractivity contribution in [3.8, 4) is 0 Å². The summed E-state index contributed by atoms with van der Waals surface area (Å²) >= 11 is 0. The van der Waals surface area contributed by atoms with Gasteiger partial charge in [0.1, 0.15) is 0 Å². The predicted octanol–water partition coefficient (Wildman–Crippen LogP) is -0.368. The first-order chi connectivity index (χ1) is 6.95. The summed E-state index contributed by atoms with van der Waals surface area (Å²) in [6, 6.07) is -0.256. The number of hydrogen-bond acceptors (Lipinski definition) is 4. The Morgan fingerprint density at radius 3 is 2.60 bits per heavy atom. The van der Waals surface area contributed by atoms with Crippen molar-refractivity contribution in [3.63, 3.8) is 0 Å². The Hall–Kier alpha value is -0.170. The molecule has 5 nitrogen and oxygen atoms in total. The Balaban J connectivity index is 2.39. The van der Waals surface area contributed by atoms with Crippen LogP contribution in [0.4, 0.5) is 0 Å². The van der Waals surface area contributed by atoms with Crippen molar-refractivity contribution < 1.29 is 13.2 Å². The number of ether oxygens (including phenoxy) is 1. The summed E-state index contributed by atoms with van der Waals surface area (Å²) in [5, 5.41) is 0. The number of methoxy groups -OCH3 is 1. The number of nitrogens with zero attached hydrogens (tertiary/aromatic N) is 1. The lowest BCUT2D eigenvalue weighted by Crippen LogP contribution is -2.42.